The minimum absolute atomic E-state index is 0.0576. The number of rotatable bonds is 30. The highest BCUT2D eigenvalue weighted by Gasteiger charge is 2.31. The van der Waals surface area contributed by atoms with E-state index >= 15 is 0 Å². The normalized spacial score (nSPS) is 14.2. The van der Waals surface area contributed by atoms with Gasteiger partial charge in [0.15, 0.2) is 5.76 Å². The number of carbonyl (C=O) groups excluding carboxylic acids is 5. The summed E-state index contributed by atoms with van der Waals surface area (Å²) in [6.07, 6.45) is -2.55. The Morgan fingerprint density at radius 1 is 0.815 bits per heavy atom. The van der Waals surface area contributed by atoms with Gasteiger partial charge in [0.1, 0.15) is 48.9 Å². The van der Waals surface area contributed by atoms with Crippen LogP contribution in [0.3, 0.4) is 0 Å². The number of aromatic amines is 1. The van der Waals surface area contributed by atoms with Gasteiger partial charge in [-0.15, -0.1) is 23.5 Å². The summed E-state index contributed by atoms with van der Waals surface area (Å²) in [5.74, 6) is -11.9. The van der Waals surface area contributed by atoms with E-state index in [1.807, 2.05) is 0 Å². The Kier molecular flexibility index (Phi) is 25.1. The molecule has 0 aromatic carbocycles. The first-order valence-electron chi connectivity index (χ1n) is 18.9. The van der Waals surface area contributed by atoms with Gasteiger partial charge in [0.05, 0.1) is 30.4 Å². The number of aromatic nitrogens is 2. The van der Waals surface area contributed by atoms with E-state index < -0.39 is 150 Å². The lowest BCUT2D eigenvalue weighted by atomic mass is 10.1. The van der Waals surface area contributed by atoms with Crippen LogP contribution in [0.4, 0.5) is 0 Å². The fourth-order valence-electron chi connectivity index (χ4n) is 5.00. The van der Waals surface area contributed by atoms with Crippen molar-refractivity contribution in [2.24, 2.45) is 21.5 Å². The zero-order valence-corrected chi connectivity index (χ0v) is 36.9. The van der Waals surface area contributed by atoms with E-state index in [0.717, 1.165) is 36.7 Å². The number of aliphatic hydroxyl groups excluding tert-OH is 1. The van der Waals surface area contributed by atoms with Crippen LogP contribution in [0.1, 0.15) is 49.5 Å². The smallest absolute Gasteiger partial charge is 0.322 e. The Hall–Kier alpha value is -6.59. The van der Waals surface area contributed by atoms with Crippen LogP contribution in [0.2, 0.25) is 0 Å². The molecule has 0 radical (unpaired) electrons. The minimum atomic E-state index is -1.50. The molecule has 0 saturated heterocycles. The van der Waals surface area contributed by atoms with E-state index in [9.17, 15) is 53.1 Å². The maximum absolute atomic E-state index is 14.1. The predicted octanol–water partition coefficient (Wildman–Crippen LogP) is -3.10. The van der Waals surface area contributed by atoms with Crippen molar-refractivity contribution < 1.29 is 78.2 Å². The number of hydrogen-bond donors (Lipinski definition) is 12. The molecule has 4 amide bonds. The monoisotopic (exact) mass is 960 g/mol. The van der Waals surface area contributed by atoms with Gasteiger partial charge in [-0.25, -0.2) is 4.98 Å². The number of H-pyrrole nitrogens is 1. The number of carboxylic acids is 4. The number of Topliss-reactive ketones (excluding diaryl/α,β-unsaturated/α-hetero) is 1. The molecule has 65 heavy (non-hydrogen) atoms. The number of nitrogens with one attached hydrogen (secondary N) is 5. The van der Waals surface area contributed by atoms with Crippen molar-refractivity contribution >= 4 is 88.5 Å². The van der Waals surface area contributed by atoms with Gasteiger partial charge < -0.3 is 67.7 Å². The van der Waals surface area contributed by atoms with Gasteiger partial charge in [-0.1, -0.05) is 6.58 Å². The van der Waals surface area contributed by atoms with E-state index in [4.69, 9.17) is 41.4 Å². The molecule has 0 saturated carbocycles. The number of hydrogen-bond acceptors (Lipinski definition) is 19. The van der Waals surface area contributed by atoms with E-state index in [1.54, 1.807) is 0 Å². The number of ketones is 1. The van der Waals surface area contributed by atoms with Crippen LogP contribution in [0.15, 0.2) is 33.2 Å². The van der Waals surface area contributed by atoms with Gasteiger partial charge in [-0.3, -0.25) is 57.9 Å². The second-order valence-corrected chi connectivity index (χ2v) is 15.8. The molecule has 6 atom stereocenters. The van der Waals surface area contributed by atoms with Crippen molar-refractivity contribution in [2.75, 3.05) is 45.9 Å². The van der Waals surface area contributed by atoms with Gasteiger partial charge in [-0.2, -0.15) is 4.99 Å². The summed E-state index contributed by atoms with van der Waals surface area (Å²) in [6.45, 7) is 1.66. The van der Waals surface area contributed by atoms with Crippen LogP contribution in [0.25, 0.3) is 0 Å². The summed E-state index contributed by atoms with van der Waals surface area (Å²) in [6, 6.07) is -5.07. The van der Waals surface area contributed by atoms with Gasteiger partial charge >= 0.3 is 23.9 Å². The Balaban J connectivity index is 3.68. The molecule has 1 rings (SSSR count). The average molecular weight is 961 g/mol. The zero-order valence-electron chi connectivity index (χ0n) is 35.3. The molecule has 29 heteroatoms. The van der Waals surface area contributed by atoms with E-state index in [1.165, 1.54) is 14.2 Å². The highest BCUT2D eigenvalue weighted by molar-refractivity contribution is 8.00. The average Bonchev–Trinajstić information content (AvgIpc) is 3.24. The van der Waals surface area contributed by atoms with Crippen LogP contribution in [0, 0.1) is 0 Å². The molecule has 0 aliphatic rings. The maximum atomic E-state index is 14.1. The maximum Gasteiger partial charge on any atom is 0.322 e. The number of ether oxygens (including phenoxy) is 2. The molecular formula is C36H52N10O17S2. The van der Waals surface area contributed by atoms with Crippen LogP contribution in [-0.2, 0) is 47.9 Å². The third-order valence-electron chi connectivity index (χ3n) is 8.32. The number of methoxy groups -OCH3 is 2. The number of amides is 4. The van der Waals surface area contributed by atoms with Gasteiger partial charge in [0.25, 0.3) is 17.5 Å². The fraction of sp³-hybridized carbons (Fsp3) is 0.528. The fourth-order valence-corrected chi connectivity index (χ4v) is 7.52. The summed E-state index contributed by atoms with van der Waals surface area (Å²) in [5, 5.41) is 53.2. The molecule has 27 nitrogen and oxygen atoms in total. The predicted molar refractivity (Wildman–Crippen MR) is 232 cm³/mol. The van der Waals surface area contributed by atoms with Crippen LogP contribution in [0.5, 0.6) is 6.01 Å². The largest absolute Gasteiger partial charge is 0.504 e. The van der Waals surface area contributed by atoms with Crippen molar-refractivity contribution in [3.8, 4) is 6.01 Å². The molecule has 360 valence electrons. The summed E-state index contributed by atoms with van der Waals surface area (Å²) in [4.78, 5) is 138. The molecule has 0 spiro atoms. The van der Waals surface area contributed by atoms with Gasteiger partial charge in [0, 0.05) is 50.3 Å². The number of amidine groups is 1. The minimum Gasteiger partial charge on any atom is -0.504 e. The summed E-state index contributed by atoms with van der Waals surface area (Å²) >= 11 is 1.63. The van der Waals surface area contributed by atoms with Crippen molar-refractivity contribution in [1.29, 1.82) is 0 Å². The summed E-state index contributed by atoms with van der Waals surface area (Å²) in [7, 11) is 3.59. The number of carbonyl (C=O) groups is 9. The second kappa shape index (κ2) is 29.0. The zero-order chi connectivity index (χ0) is 49.4. The molecular weight excluding hydrogens is 909 g/mol. The molecule has 14 N–H and O–H groups in total. The van der Waals surface area contributed by atoms with E-state index in [2.05, 4.69) is 47.8 Å². The topological polar surface area (TPSA) is 444 Å². The third-order valence-corrected chi connectivity index (χ3v) is 11.0. The molecule has 1 heterocycles. The van der Waals surface area contributed by atoms with Crippen molar-refractivity contribution in [1.82, 2.24) is 31.2 Å². The number of thioether (sulfide) groups is 2. The Morgan fingerprint density at radius 3 is 1.72 bits per heavy atom. The highest BCUT2D eigenvalue weighted by Crippen LogP contribution is 2.33. The van der Waals surface area contributed by atoms with E-state index in [-0.39, 0.29) is 36.1 Å². The Bertz CT molecular complexity index is 2030. The molecule has 1 aromatic rings. The van der Waals surface area contributed by atoms with Gasteiger partial charge in [0.2, 0.25) is 23.6 Å². The number of aliphatic imine (C=N–C) groups is 2. The standard InChI is InChI=1S/C36H52N10O17S2/c1-16(47)33(62-3)46-30(39-2)24(65-15-22(32(57)41-13-29(54)55)43-26(50)8-6-19(38)35(60)61)10-17(48)9-23(20-11-27(51)45-36(44-20)63-4)64-14-21(31(56)40-12-28(52)53)42-25(49)7-5-18(37)34(58)59/h11,18-19,21-24,47H,1,5-10,12-15,37-38H2,2-4H3,(H,40,56)(H,41,57)(H,42,49)(H,43,50)(H,52,53)(H,54,55)(H,58,59)(H,60,61)(H,44,45,51)/t18-,19+,21-,22-,23?,24?/m0/s1. The van der Waals surface area contributed by atoms with Crippen molar-refractivity contribution in [2.45, 2.75) is 73.2 Å². The van der Waals surface area contributed by atoms with Crippen LogP contribution >= 0.6 is 23.5 Å². The lowest BCUT2D eigenvalue weighted by Gasteiger charge is -2.23. The summed E-state index contributed by atoms with van der Waals surface area (Å²) in [5.41, 5.74) is 10.2. The third kappa shape index (κ3) is 22.0. The molecule has 2 unspecified atom stereocenters. The first kappa shape index (κ1) is 56.4. The Labute approximate surface area is 378 Å². The second-order valence-electron chi connectivity index (χ2n) is 13.4. The van der Waals surface area contributed by atoms with Crippen molar-refractivity contribution in [3.05, 3.63) is 34.5 Å². The van der Waals surface area contributed by atoms with Crippen LogP contribution in [-0.4, -0.2) is 176 Å². The number of carboxylic acid groups (broad SMARTS) is 4. The lowest BCUT2D eigenvalue weighted by molar-refractivity contribution is -0.140. The first-order valence-corrected chi connectivity index (χ1v) is 21.0. The molecule has 0 bridgehead atoms. The quantitative estimate of drug-likeness (QED) is 0.0206. The number of nitrogens with zero attached hydrogens (tertiary/aromatic N) is 3. The SMILES string of the molecule is C=C(O)C(=NC(=NC)C(CC(=O)CC(SC[C@H](NC(=O)CC[C@H](N)C(=O)O)C(=O)NCC(=O)O)c1cc(=O)[nH]c(OC)n1)SC[C@H](NC(=O)CC[C@@H](N)C(=O)O)C(=O)NCC(=O)O)OC. The van der Waals surface area contributed by atoms with Crippen molar-refractivity contribution in [3.63, 3.8) is 0 Å². The number of aliphatic carboxylic acids is 4. The van der Waals surface area contributed by atoms with Gasteiger partial charge in [-0.05, 0) is 12.8 Å². The lowest BCUT2D eigenvalue weighted by Crippen LogP contribution is -2.50. The molecule has 0 fully saturated rings. The molecule has 0 aliphatic carbocycles. The molecule has 0 aliphatic heterocycles. The van der Waals surface area contributed by atoms with E-state index in [0.29, 0.717) is 0 Å². The highest BCUT2D eigenvalue weighted by atomic mass is 32.2. The number of aliphatic hydroxyl groups is 1. The van der Waals surface area contributed by atoms with Crippen LogP contribution < -0.4 is 43.0 Å². The summed E-state index contributed by atoms with van der Waals surface area (Å²) < 4.78 is 10.2. The first-order chi connectivity index (χ1) is 30.5. The molecule has 1 aromatic heterocycles. The Morgan fingerprint density at radius 2 is 1.31 bits per heavy atom. The number of nitrogens with two attached hydrogens (primary N) is 2.